The minimum Gasteiger partial charge on any atom is -0.409 e. The molecule has 0 unspecified atom stereocenters. The molecular weight excluding hydrogens is 242 g/mol. The number of oxime groups is 1. The van der Waals surface area contributed by atoms with Gasteiger partial charge < -0.3 is 16.3 Å². The summed E-state index contributed by atoms with van der Waals surface area (Å²) in [4.78, 5) is 11.8. The lowest BCUT2D eigenvalue weighted by Gasteiger charge is -2.24. The number of hydrogen-bond acceptors (Lipinski definition) is 3. The Morgan fingerprint density at radius 2 is 1.95 bits per heavy atom. The van der Waals surface area contributed by atoms with Gasteiger partial charge in [-0.25, -0.2) is 0 Å². The first-order chi connectivity index (χ1) is 8.85. The molecule has 0 fully saturated rings. The Morgan fingerprint density at radius 3 is 2.47 bits per heavy atom. The maximum absolute atomic E-state index is 11.8. The van der Waals surface area contributed by atoms with E-state index in [2.05, 4.69) is 10.5 Å². The molecule has 0 aliphatic carbocycles. The van der Waals surface area contributed by atoms with Crippen LogP contribution in [-0.2, 0) is 11.2 Å². The second-order valence-electron chi connectivity index (χ2n) is 5.14. The maximum atomic E-state index is 11.8. The minimum absolute atomic E-state index is 0.0174. The van der Waals surface area contributed by atoms with E-state index in [1.807, 2.05) is 31.2 Å². The number of amides is 1. The summed E-state index contributed by atoms with van der Waals surface area (Å²) in [7, 11) is 0. The number of benzene rings is 1. The molecule has 0 atom stereocenters. The molecular formula is C14H21N3O2. The van der Waals surface area contributed by atoms with Crippen molar-refractivity contribution >= 4 is 11.7 Å². The van der Waals surface area contributed by atoms with Gasteiger partial charge in [-0.15, -0.1) is 0 Å². The number of hydrogen-bond donors (Lipinski definition) is 3. The smallest absolute Gasteiger partial charge is 0.221 e. The van der Waals surface area contributed by atoms with Crippen LogP contribution < -0.4 is 11.1 Å². The quantitative estimate of drug-likeness (QED) is 0.326. The van der Waals surface area contributed by atoms with Crippen LogP contribution in [0.3, 0.4) is 0 Å². The van der Waals surface area contributed by atoms with Crippen LogP contribution in [0.4, 0.5) is 0 Å². The molecule has 0 aliphatic rings. The summed E-state index contributed by atoms with van der Waals surface area (Å²) in [6.07, 6.45) is 1.03. The molecule has 1 aromatic carbocycles. The van der Waals surface area contributed by atoms with Gasteiger partial charge in [-0.2, -0.15) is 0 Å². The molecule has 4 N–H and O–H groups in total. The van der Waals surface area contributed by atoms with E-state index < -0.39 is 5.54 Å². The molecule has 0 bridgehead atoms. The van der Waals surface area contributed by atoms with Crippen LogP contribution in [-0.4, -0.2) is 22.5 Å². The molecule has 0 radical (unpaired) electrons. The Kier molecular flexibility index (Phi) is 4.92. The van der Waals surface area contributed by atoms with Gasteiger partial charge in [-0.1, -0.05) is 35.0 Å². The van der Waals surface area contributed by atoms with Crippen molar-refractivity contribution in [2.45, 2.75) is 39.2 Å². The normalized spacial score (nSPS) is 12.3. The van der Waals surface area contributed by atoms with Gasteiger partial charge in [-0.3, -0.25) is 4.79 Å². The van der Waals surface area contributed by atoms with Crippen LogP contribution in [0.2, 0.25) is 0 Å². The summed E-state index contributed by atoms with van der Waals surface area (Å²) in [5, 5.41) is 14.3. The van der Waals surface area contributed by atoms with Crippen molar-refractivity contribution in [2.24, 2.45) is 10.9 Å². The Morgan fingerprint density at radius 1 is 1.37 bits per heavy atom. The molecule has 0 heterocycles. The molecule has 104 valence electrons. The average molecular weight is 263 g/mol. The van der Waals surface area contributed by atoms with Gasteiger partial charge in [0.1, 0.15) is 0 Å². The second kappa shape index (κ2) is 6.22. The van der Waals surface area contributed by atoms with Crippen LogP contribution in [0.5, 0.6) is 0 Å². The molecule has 1 amide bonds. The van der Waals surface area contributed by atoms with E-state index in [-0.39, 0.29) is 11.7 Å². The van der Waals surface area contributed by atoms with Gasteiger partial charge in [0.05, 0.1) is 5.54 Å². The molecule has 0 aliphatic heterocycles. The number of amidine groups is 1. The fourth-order valence-corrected chi connectivity index (χ4v) is 1.61. The standard InChI is InChI=1S/C14H21N3O2/c1-10-4-6-11(7-5-10)8-9-12(18)16-14(2,3)13(15)17-19/h4-7,19H,8-9H2,1-3H3,(H2,15,17)(H,16,18). The predicted octanol–water partition coefficient (Wildman–Crippen LogP) is 1.57. The Balaban J connectivity index is 2.50. The fraction of sp³-hybridized carbons (Fsp3) is 0.429. The average Bonchev–Trinajstić information content (AvgIpc) is 2.36. The van der Waals surface area contributed by atoms with E-state index in [4.69, 9.17) is 10.9 Å². The largest absolute Gasteiger partial charge is 0.409 e. The van der Waals surface area contributed by atoms with E-state index in [1.165, 1.54) is 5.56 Å². The molecule has 1 aromatic rings. The molecule has 1 rings (SSSR count). The first-order valence-electron chi connectivity index (χ1n) is 6.19. The molecule has 5 heteroatoms. The van der Waals surface area contributed by atoms with Crippen molar-refractivity contribution in [1.29, 1.82) is 0 Å². The summed E-state index contributed by atoms with van der Waals surface area (Å²) >= 11 is 0. The number of aryl methyl sites for hydroxylation is 2. The monoisotopic (exact) mass is 263 g/mol. The van der Waals surface area contributed by atoms with E-state index in [0.29, 0.717) is 12.8 Å². The third-order valence-corrected chi connectivity index (χ3v) is 2.96. The third kappa shape index (κ3) is 4.62. The van der Waals surface area contributed by atoms with Gasteiger partial charge in [0.2, 0.25) is 5.91 Å². The molecule has 0 spiro atoms. The summed E-state index contributed by atoms with van der Waals surface area (Å²) in [6, 6.07) is 8.07. The molecule has 0 saturated carbocycles. The van der Waals surface area contributed by atoms with Gasteiger partial charge in [-0.05, 0) is 32.8 Å². The number of carbonyl (C=O) groups is 1. The molecule has 0 saturated heterocycles. The summed E-state index contributed by atoms with van der Waals surface area (Å²) < 4.78 is 0. The van der Waals surface area contributed by atoms with E-state index in [1.54, 1.807) is 13.8 Å². The number of nitrogens with two attached hydrogens (primary N) is 1. The van der Waals surface area contributed by atoms with Crippen LogP contribution in [0, 0.1) is 6.92 Å². The zero-order valence-electron chi connectivity index (χ0n) is 11.6. The zero-order chi connectivity index (χ0) is 14.5. The third-order valence-electron chi connectivity index (χ3n) is 2.96. The Hall–Kier alpha value is -2.04. The summed E-state index contributed by atoms with van der Waals surface area (Å²) in [5.41, 5.74) is 6.97. The van der Waals surface area contributed by atoms with Crippen LogP contribution in [0.15, 0.2) is 29.4 Å². The zero-order valence-corrected chi connectivity index (χ0v) is 11.6. The SMILES string of the molecule is Cc1ccc(CCC(=O)NC(C)(C)C(N)=NO)cc1. The summed E-state index contributed by atoms with van der Waals surface area (Å²) in [5.74, 6) is -0.145. The van der Waals surface area contributed by atoms with Crippen molar-refractivity contribution < 1.29 is 10.0 Å². The lowest BCUT2D eigenvalue weighted by Crippen LogP contribution is -2.53. The molecule has 0 aromatic heterocycles. The molecule has 19 heavy (non-hydrogen) atoms. The predicted molar refractivity (Wildman–Crippen MR) is 75.1 cm³/mol. The maximum Gasteiger partial charge on any atom is 0.221 e. The number of carbonyl (C=O) groups excluding carboxylic acids is 1. The van der Waals surface area contributed by atoms with Crippen LogP contribution in [0.1, 0.15) is 31.4 Å². The van der Waals surface area contributed by atoms with E-state index in [0.717, 1.165) is 5.56 Å². The van der Waals surface area contributed by atoms with E-state index in [9.17, 15) is 4.79 Å². The topological polar surface area (TPSA) is 87.7 Å². The Labute approximate surface area is 113 Å². The van der Waals surface area contributed by atoms with Crippen molar-refractivity contribution in [2.75, 3.05) is 0 Å². The fourth-order valence-electron chi connectivity index (χ4n) is 1.61. The highest BCUT2D eigenvalue weighted by atomic mass is 16.4. The van der Waals surface area contributed by atoms with Crippen molar-refractivity contribution in [1.82, 2.24) is 5.32 Å². The number of nitrogens with zero attached hydrogens (tertiary/aromatic N) is 1. The summed E-state index contributed by atoms with van der Waals surface area (Å²) in [6.45, 7) is 5.40. The van der Waals surface area contributed by atoms with Crippen LogP contribution in [0.25, 0.3) is 0 Å². The number of rotatable bonds is 5. The number of nitrogens with one attached hydrogen (secondary N) is 1. The van der Waals surface area contributed by atoms with Gasteiger partial charge in [0.15, 0.2) is 5.84 Å². The first kappa shape index (κ1) is 15.0. The van der Waals surface area contributed by atoms with E-state index >= 15 is 0 Å². The van der Waals surface area contributed by atoms with Gasteiger partial charge >= 0.3 is 0 Å². The highest BCUT2D eigenvalue weighted by Crippen LogP contribution is 2.07. The lowest BCUT2D eigenvalue weighted by molar-refractivity contribution is -0.122. The minimum atomic E-state index is -0.848. The van der Waals surface area contributed by atoms with Crippen molar-refractivity contribution in [3.8, 4) is 0 Å². The highest BCUT2D eigenvalue weighted by Gasteiger charge is 2.25. The van der Waals surface area contributed by atoms with Gasteiger partial charge in [0, 0.05) is 6.42 Å². The second-order valence-corrected chi connectivity index (χ2v) is 5.14. The first-order valence-corrected chi connectivity index (χ1v) is 6.19. The van der Waals surface area contributed by atoms with Crippen molar-refractivity contribution in [3.63, 3.8) is 0 Å². The highest BCUT2D eigenvalue weighted by molar-refractivity contribution is 5.93. The molecule has 5 nitrogen and oxygen atoms in total. The van der Waals surface area contributed by atoms with Gasteiger partial charge in [0.25, 0.3) is 0 Å². The Bertz CT molecular complexity index is 464. The van der Waals surface area contributed by atoms with Crippen molar-refractivity contribution in [3.05, 3.63) is 35.4 Å². The van der Waals surface area contributed by atoms with Crippen LogP contribution >= 0.6 is 0 Å². The lowest BCUT2D eigenvalue weighted by atomic mass is 10.0.